The normalized spacial score (nSPS) is 13.0. The Hall–Kier alpha value is -2.37. The van der Waals surface area contributed by atoms with Gasteiger partial charge < -0.3 is 5.11 Å². The molecule has 0 aliphatic rings. The van der Waals surface area contributed by atoms with Crippen LogP contribution in [-0.2, 0) is 10.0 Å². The second-order valence-electron chi connectivity index (χ2n) is 6.10. The molecule has 0 amide bonds. The maximum atomic E-state index is 13.1. The molecule has 0 aliphatic carbocycles. The van der Waals surface area contributed by atoms with Crippen molar-refractivity contribution in [2.24, 2.45) is 0 Å². The van der Waals surface area contributed by atoms with E-state index in [1.54, 1.807) is 42.5 Å². The topological polar surface area (TPSA) is 59.3 Å². The van der Waals surface area contributed by atoms with E-state index >= 15 is 0 Å². The molecule has 3 rings (SSSR count). The third-order valence-electron chi connectivity index (χ3n) is 4.29. The molecule has 4 nitrogen and oxygen atoms in total. The van der Waals surface area contributed by atoms with Gasteiger partial charge in [0.25, 0.3) is 10.0 Å². The lowest BCUT2D eigenvalue weighted by Gasteiger charge is -2.08. The Morgan fingerprint density at radius 3 is 2.52 bits per heavy atom. The molecule has 1 aromatic heterocycles. The van der Waals surface area contributed by atoms with Gasteiger partial charge in [0.15, 0.2) is 0 Å². The van der Waals surface area contributed by atoms with Crippen molar-refractivity contribution in [2.75, 3.05) is 0 Å². The molecule has 0 spiro atoms. The summed E-state index contributed by atoms with van der Waals surface area (Å²) in [6.45, 7) is 5.58. The molecule has 1 N–H and O–H groups in total. The fraction of sp³-hybridized carbons (Fsp3) is 0.200. The highest BCUT2D eigenvalue weighted by Crippen LogP contribution is 2.31. The lowest BCUT2D eigenvalue weighted by Crippen LogP contribution is -2.12. The third-order valence-corrected chi connectivity index (χ3v) is 5.98. The minimum absolute atomic E-state index is 0.228. The Balaban J connectivity index is 2.16. The van der Waals surface area contributed by atoms with Crippen LogP contribution in [0.3, 0.4) is 0 Å². The van der Waals surface area contributed by atoms with Gasteiger partial charge in [-0.05, 0) is 38.0 Å². The van der Waals surface area contributed by atoms with Crippen molar-refractivity contribution in [1.29, 1.82) is 0 Å². The predicted octanol–water partition coefficient (Wildman–Crippen LogP) is 4.19. The smallest absolute Gasteiger partial charge is 0.268 e. The van der Waals surface area contributed by atoms with Crippen LogP contribution in [0.2, 0.25) is 0 Å². The van der Waals surface area contributed by atoms with E-state index in [-0.39, 0.29) is 4.90 Å². The molecule has 0 bridgehead atoms. The number of rotatable bonds is 6. The molecule has 1 unspecified atom stereocenters. The number of allylic oxidation sites excluding steroid dienone is 1. The highest BCUT2D eigenvalue weighted by atomic mass is 32.2. The molecule has 0 radical (unpaired) electrons. The van der Waals surface area contributed by atoms with Gasteiger partial charge in [-0.15, -0.1) is 6.58 Å². The highest BCUT2D eigenvalue weighted by Gasteiger charge is 2.23. The molecule has 130 valence electrons. The van der Waals surface area contributed by atoms with Crippen LogP contribution in [0, 0.1) is 6.92 Å². The van der Waals surface area contributed by atoms with Gasteiger partial charge in [-0.3, -0.25) is 0 Å². The largest absolute Gasteiger partial charge is 0.388 e. The summed E-state index contributed by atoms with van der Waals surface area (Å²) in [7, 11) is -3.73. The Morgan fingerprint density at radius 2 is 1.84 bits per heavy atom. The van der Waals surface area contributed by atoms with Crippen molar-refractivity contribution >= 4 is 20.9 Å². The minimum atomic E-state index is -3.73. The van der Waals surface area contributed by atoms with Gasteiger partial charge in [0, 0.05) is 17.1 Å². The quantitative estimate of drug-likeness (QED) is 0.675. The van der Waals surface area contributed by atoms with Gasteiger partial charge in [0.05, 0.1) is 16.5 Å². The number of aryl methyl sites for hydroxylation is 1. The summed E-state index contributed by atoms with van der Waals surface area (Å²) >= 11 is 0. The van der Waals surface area contributed by atoms with Crippen molar-refractivity contribution < 1.29 is 13.5 Å². The molecule has 3 aromatic rings. The lowest BCUT2D eigenvalue weighted by atomic mass is 10.0. The molecule has 25 heavy (non-hydrogen) atoms. The number of fused-ring (bicyclic) bond motifs is 1. The molecular weight excluding hydrogens is 334 g/mol. The van der Waals surface area contributed by atoms with E-state index in [4.69, 9.17) is 0 Å². The molecule has 5 heteroatoms. The fourth-order valence-electron chi connectivity index (χ4n) is 2.89. The number of aliphatic hydroxyl groups excluding tert-OH is 1. The molecule has 0 saturated heterocycles. The second kappa shape index (κ2) is 6.86. The van der Waals surface area contributed by atoms with Crippen molar-refractivity contribution in [1.82, 2.24) is 3.97 Å². The molecule has 1 heterocycles. The highest BCUT2D eigenvalue weighted by molar-refractivity contribution is 7.90. The molecule has 0 aliphatic heterocycles. The first-order valence-electron chi connectivity index (χ1n) is 8.16. The van der Waals surface area contributed by atoms with Crippen LogP contribution in [0.5, 0.6) is 0 Å². The Labute approximate surface area is 148 Å². The Bertz CT molecular complexity index is 1000. The van der Waals surface area contributed by atoms with Gasteiger partial charge in [0.1, 0.15) is 0 Å². The van der Waals surface area contributed by atoms with Gasteiger partial charge in [-0.25, -0.2) is 12.4 Å². The van der Waals surface area contributed by atoms with E-state index in [0.29, 0.717) is 23.9 Å². The Kier molecular flexibility index (Phi) is 4.79. The number of benzene rings is 2. The van der Waals surface area contributed by atoms with E-state index in [1.807, 2.05) is 19.1 Å². The number of hydrogen-bond acceptors (Lipinski definition) is 3. The van der Waals surface area contributed by atoms with Crippen molar-refractivity contribution in [3.63, 3.8) is 0 Å². The average Bonchev–Trinajstić information content (AvgIpc) is 3.00. The van der Waals surface area contributed by atoms with Crippen LogP contribution in [0.4, 0.5) is 0 Å². The zero-order valence-electron chi connectivity index (χ0n) is 14.1. The van der Waals surface area contributed by atoms with Crippen LogP contribution >= 0.6 is 0 Å². The lowest BCUT2D eigenvalue weighted by molar-refractivity contribution is 0.170. The van der Waals surface area contributed by atoms with Crippen LogP contribution < -0.4 is 0 Å². The standard InChI is InChI=1S/C20H21NO3S/c1-3-4-9-20(22)18-14-21(19-8-6-5-7-17(18)19)25(23,24)16-12-10-15(2)11-13-16/h3,5-8,10-14,20,22H,1,4,9H2,2H3. The second-order valence-corrected chi connectivity index (χ2v) is 7.91. The number of hydrogen-bond donors (Lipinski definition) is 1. The molecule has 0 fully saturated rings. The van der Waals surface area contributed by atoms with E-state index in [9.17, 15) is 13.5 Å². The van der Waals surface area contributed by atoms with Crippen molar-refractivity contribution in [3.05, 3.63) is 78.5 Å². The van der Waals surface area contributed by atoms with Gasteiger partial charge in [0.2, 0.25) is 0 Å². The number of nitrogens with zero attached hydrogens (tertiary/aromatic N) is 1. The van der Waals surface area contributed by atoms with Crippen LogP contribution in [0.15, 0.2) is 72.3 Å². The maximum absolute atomic E-state index is 13.1. The van der Waals surface area contributed by atoms with E-state index in [2.05, 4.69) is 6.58 Å². The summed E-state index contributed by atoms with van der Waals surface area (Å²) in [5.41, 5.74) is 2.18. The van der Waals surface area contributed by atoms with Crippen LogP contribution in [0.25, 0.3) is 10.9 Å². The first kappa shape index (κ1) is 17.5. The summed E-state index contributed by atoms with van der Waals surface area (Å²) in [5.74, 6) is 0. The summed E-state index contributed by atoms with van der Waals surface area (Å²) in [4.78, 5) is 0.228. The molecule has 0 saturated carbocycles. The van der Waals surface area contributed by atoms with Gasteiger partial charge >= 0.3 is 0 Å². The van der Waals surface area contributed by atoms with Gasteiger partial charge in [-0.1, -0.05) is 42.0 Å². The first-order chi connectivity index (χ1) is 11.9. The number of aromatic nitrogens is 1. The van der Waals surface area contributed by atoms with Crippen LogP contribution in [0.1, 0.15) is 30.1 Å². The molecular formula is C20H21NO3S. The summed E-state index contributed by atoms with van der Waals surface area (Å²) in [6.07, 6.45) is 3.70. The predicted molar refractivity (Wildman–Crippen MR) is 100 cm³/mol. The fourth-order valence-corrected chi connectivity index (χ4v) is 4.27. The summed E-state index contributed by atoms with van der Waals surface area (Å²) in [6, 6.07) is 14.0. The summed E-state index contributed by atoms with van der Waals surface area (Å²) < 4.78 is 27.4. The van der Waals surface area contributed by atoms with E-state index < -0.39 is 16.1 Å². The molecule has 1 atom stereocenters. The van der Waals surface area contributed by atoms with Gasteiger partial charge in [-0.2, -0.15) is 0 Å². The van der Waals surface area contributed by atoms with Crippen molar-refractivity contribution in [3.8, 4) is 0 Å². The third kappa shape index (κ3) is 3.25. The zero-order valence-corrected chi connectivity index (χ0v) is 14.9. The zero-order chi connectivity index (χ0) is 18.0. The average molecular weight is 355 g/mol. The Morgan fingerprint density at radius 1 is 1.16 bits per heavy atom. The number of para-hydroxylation sites is 1. The first-order valence-corrected chi connectivity index (χ1v) is 9.60. The monoisotopic (exact) mass is 355 g/mol. The van der Waals surface area contributed by atoms with Crippen molar-refractivity contribution in [2.45, 2.75) is 30.8 Å². The SMILES string of the molecule is C=CCCC(O)c1cn(S(=O)(=O)c2ccc(C)cc2)c2ccccc12. The summed E-state index contributed by atoms with van der Waals surface area (Å²) in [5, 5.41) is 11.2. The minimum Gasteiger partial charge on any atom is -0.388 e. The van der Waals surface area contributed by atoms with Crippen LogP contribution in [-0.4, -0.2) is 17.5 Å². The van der Waals surface area contributed by atoms with E-state index in [1.165, 1.54) is 10.2 Å². The van der Waals surface area contributed by atoms with E-state index in [0.717, 1.165) is 10.9 Å². The molecule has 2 aromatic carbocycles. The number of aliphatic hydroxyl groups is 1. The maximum Gasteiger partial charge on any atom is 0.268 e.